The summed E-state index contributed by atoms with van der Waals surface area (Å²) >= 11 is 0. The van der Waals surface area contributed by atoms with Gasteiger partial charge in [0.15, 0.2) is 5.78 Å². The Kier molecular flexibility index (Phi) is 1.81. The van der Waals surface area contributed by atoms with Crippen molar-refractivity contribution in [2.24, 2.45) is 0 Å². The normalized spacial score (nSPS) is 15.3. The molecule has 2 aromatic rings. The lowest BCUT2D eigenvalue weighted by Gasteiger charge is -2.14. The van der Waals surface area contributed by atoms with E-state index in [9.17, 15) is 4.79 Å². The molecule has 74 valence electrons. The second-order valence-electron chi connectivity index (χ2n) is 3.95. The van der Waals surface area contributed by atoms with Crippen LogP contribution in [0, 0.1) is 0 Å². The number of carbonyl (C=O) groups is 1. The Morgan fingerprint density at radius 2 is 2.00 bits per heavy atom. The Morgan fingerprint density at radius 1 is 1.13 bits per heavy atom. The fraction of sp³-hybridized carbons (Fsp3) is 0.231. The molecule has 3 rings (SSSR count). The number of Topliss-reactive ketones (excluding diaryl/α,β-unsaturated/α-hetero) is 1. The number of hydrogen-bond donors (Lipinski definition) is 0. The van der Waals surface area contributed by atoms with Gasteiger partial charge in [-0.05, 0) is 25.0 Å². The molecule has 1 aliphatic rings. The zero-order chi connectivity index (χ0) is 10.3. The number of rotatable bonds is 0. The van der Waals surface area contributed by atoms with Crippen molar-refractivity contribution in [3.63, 3.8) is 0 Å². The predicted octanol–water partition coefficient (Wildman–Crippen LogP) is 2.75. The SMILES string of the molecule is O=C1CCCc2nc3ccccc3cc21. The molecule has 0 fully saturated rings. The molecule has 2 nitrogen and oxygen atoms in total. The topological polar surface area (TPSA) is 30.0 Å². The highest BCUT2D eigenvalue weighted by Gasteiger charge is 2.18. The maximum absolute atomic E-state index is 11.7. The zero-order valence-corrected chi connectivity index (χ0v) is 8.36. The third kappa shape index (κ3) is 1.33. The number of ketones is 1. The summed E-state index contributed by atoms with van der Waals surface area (Å²) in [5, 5.41) is 1.06. The van der Waals surface area contributed by atoms with Crippen LogP contribution in [-0.4, -0.2) is 10.8 Å². The van der Waals surface area contributed by atoms with E-state index in [1.165, 1.54) is 0 Å². The van der Waals surface area contributed by atoms with E-state index in [1.807, 2.05) is 30.3 Å². The molecular weight excluding hydrogens is 186 g/mol. The Morgan fingerprint density at radius 3 is 2.93 bits per heavy atom. The number of pyridine rings is 1. The first kappa shape index (κ1) is 8.60. The van der Waals surface area contributed by atoms with Crippen molar-refractivity contribution in [2.45, 2.75) is 19.3 Å². The van der Waals surface area contributed by atoms with Gasteiger partial charge in [-0.2, -0.15) is 0 Å². The largest absolute Gasteiger partial charge is 0.294 e. The second-order valence-corrected chi connectivity index (χ2v) is 3.95. The van der Waals surface area contributed by atoms with E-state index in [0.717, 1.165) is 35.0 Å². The number of fused-ring (bicyclic) bond motifs is 2. The molecule has 0 radical (unpaired) electrons. The standard InChI is InChI=1S/C13H11NO/c15-13-7-3-6-12-10(13)8-9-4-1-2-5-11(9)14-12/h1-2,4-5,8H,3,6-7H2. The summed E-state index contributed by atoms with van der Waals surface area (Å²) < 4.78 is 0. The summed E-state index contributed by atoms with van der Waals surface area (Å²) in [6, 6.07) is 9.94. The van der Waals surface area contributed by atoms with Crippen molar-refractivity contribution in [1.29, 1.82) is 0 Å². The van der Waals surface area contributed by atoms with E-state index in [0.29, 0.717) is 6.42 Å². The predicted molar refractivity (Wildman–Crippen MR) is 59.0 cm³/mol. The van der Waals surface area contributed by atoms with Crippen LogP contribution in [0.15, 0.2) is 30.3 Å². The fourth-order valence-corrected chi connectivity index (χ4v) is 2.14. The zero-order valence-electron chi connectivity index (χ0n) is 8.36. The first-order chi connectivity index (χ1) is 7.34. The molecule has 1 aromatic carbocycles. The van der Waals surface area contributed by atoms with Crippen LogP contribution >= 0.6 is 0 Å². The van der Waals surface area contributed by atoms with E-state index in [2.05, 4.69) is 4.98 Å². The van der Waals surface area contributed by atoms with Crippen molar-refractivity contribution in [3.8, 4) is 0 Å². The van der Waals surface area contributed by atoms with Gasteiger partial charge < -0.3 is 0 Å². The maximum atomic E-state index is 11.7. The molecule has 1 aliphatic carbocycles. The molecule has 0 amide bonds. The van der Waals surface area contributed by atoms with Crippen LogP contribution in [0.2, 0.25) is 0 Å². The Hall–Kier alpha value is -1.70. The van der Waals surface area contributed by atoms with Crippen LogP contribution in [-0.2, 0) is 6.42 Å². The highest BCUT2D eigenvalue weighted by molar-refractivity contribution is 6.00. The molecule has 0 atom stereocenters. The molecule has 1 heterocycles. The third-order valence-corrected chi connectivity index (χ3v) is 2.92. The Bertz CT molecular complexity index is 545. The summed E-state index contributed by atoms with van der Waals surface area (Å²) in [7, 11) is 0. The van der Waals surface area contributed by atoms with Crippen molar-refractivity contribution >= 4 is 16.7 Å². The van der Waals surface area contributed by atoms with Gasteiger partial charge in [-0.3, -0.25) is 9.78 Å². The fourth-order valence-electron chi connectivity index (χ4n) is 2.14. The van der Waals surface area contributed by atoms with E-state index < -0.39 is 0 Å². The Balaban J connectivity index is 2.32. The van der Waals surface area contributed by atoms with Crippen LogP contribution in [0.4, 0.5) is 0 Å². The molecule has 15 heavy (non-hydrogen) atoms. The molecule has 0 saturated heterocycles. The first-order valence-electron chi connectivity index (χ1n) is 5.26. The molecule has 0 N–H and O–H groups in total. The monoisotopic (exact) mass is 197 g/mol. The average molecular weight is 197 g/mol. The summed E-state index contributed by atoms with van der Waals surface area (Å²) in [5.41, 5.74) is 2.80. The van der Waals surface area contributed by atoms with Crippen molar-refractivity contribution in [2.75, 3.05) is 0 Å². The van der Waals surface area contributed by atoms with E-state index >= 15 is 0 Å². The van der Waals surface area contributed by atoms with Crippen molar-refractivity contribution in [1.82, 2.24) is 4.98 Å². The Labute approximate surface area is 87.9 Å². The number of hydrogen-bond acceptors (Lipinski definition) is 2. The van der Waals surface area contributed by atoms with Gasteiger partial charge in [0.25, 0.3) is 0 Å². The summed E-state index contributed by atoms with van der Waals surface area (Å²) in [4.78, 5) is 16.2. The minimum absolute atomic E-state index is 0.245. The second kappa shape index (κ2) is 3.16. The van der Waals surface area contributed by atoms with Gasteiger partial charge in [-0.15, -0.1) is 0 Å². The van der Waals surface area contributed by atoms with Gasteiger partial charge >= 0.3 is 0 Å². The minimum atomic E-state index is 0.245. The summed E-state index contributed by atoms with van der Waals surface area (Å²) in [5.74, 6) is 0.245. The number of nitrogens with zero attached hydrogens (tertiary/aromatic N) is 1. The maximum Gasteiger partial charge on any atom is 0.164 e. The van der Waals surface area contributed by atoms with E-state index in [-0.39, 0.29) is 5.78 Å². The molecular formula is C13H11NO. The summed E-state index contributed by atoms with van der Waals surface area (Å²) in [6.45, 7) is 0. The third-order valence-electron chi connectivity index (χ3n) is 2.92. The van der Waals surface area contributed by atoms with Crippen LogP contribution in [0.25, 0.3) is 10.9 Å². The summed E-state index contributed by atoms with van der Waals surface area (Å²) in [6.07, 6.45) is 2.55. The van der Waals surface area contributed by atoms with Gasteiger partial charge in [0.05, 0.1) is 11.2 Å². The molecule has 0 spiro atoms. The molecule has 2 heteroatoms. The van der Waals surface area contributed by atoms with Gasteiger partial charge in [-0.25, -0.2) is 0 Å². The van der Waals surface area contributed by atoms with Crippen LogP contribution in [0.3, 0.4) is 0 Å². The number of aromatic nitrogens is 1. The van der Waals surface area contributed by atoms with Crippen LogP contribution in [0.5, 0.6) is 0 Å². The lowest BCUT2D eigenvalue weighted by molar-refractivity contribution is 0.0972. The quantitative estimate of drug-likeness (QED) is 0.650. The van der Waals surface area contributed by atoms with E-state index in [4.69, 9.17) is 0 Å². The average Bonchev–Trinajstić information content (AvgIpc) is 2.27. The molecule has 0 saturated carbocycles. The molecule has 1 aromatic heterocycles. The number of benzene rings is 1. The van der Waals surface area contributed by atoms with Crippen LogP contribution < -0.4 is 0 Å². The van der Waals surface area contributed by atoms with Crippen molar-refractivity contribution in [3.05, 3.63) is 41.6 Å². The van der Waals surface area contributed by atoms with Gasteiger partial charge in [0.2, 0.25) is 0 Å². The number of aryl methyl sites for hydroxylation is 1. The van der Waals surface area contributed by atoms with Gasteiger partial charge in [0, 0.05) is 17.4 Å². The first-order valence-corrected chi connectivity index (χ1v) is 5.26. The highest BCUT2D eigenvalue weighted by Crippen LogP contribution is 2.23. The van der Waals surface area contributed by atoms with Gasteiger partial charge in [0.1, 0.15) is 0 Å². The highest BCUT2D eigenvalue weighted by atomic mass is 16.1. The molecule has 0 aliphatic heterocycles. The smallest absolute Gasteiger partial charge is 0.164 e. The van der Waals surface area contributed by atoms with E-state index in [1.54, 1.807) is 0 Å². The van der Waals surface area contributed by atoms with Crippen molar-refractivity contribution < 1.29 is 4.79 Å². The van der Waals surface area contributed by atoms with Gasteiger partial charge in [-0.1, -0.05) is 18.2 Å². The van der Waals surface area contributed by atoms with Crippen LogP contribution in [0.1, 0.15) is 28.9 Å². The molecule has 0 unspecified atom stereocenters. The number of para-hydroxylation sites is 1. The minimum Gasteiger partial charge on any atom is -0.294 e. The lowest BCUT2D eigenvalue weighted by Crippen LogP contribution is -2.12. The number of carbonyl (C=O) groups excluding carboxylic acids is 1. The lowest BCUT2D eigenvalue weighted by atomic mass is 9.93. The molecule has 0 bridgehead atoms.